The molecule has 4 rings (SSSR count). The van der Waals surface area contributed by atoms with Gasteiger partial charge in [-0.1, -0.05) is 96.3 Å². The van der Waals surface area contributed by atoms with E-state index in [0.29, 0.717) is 15.8 Å². The highest BCUT2D eigenvalue weighted by Gasteiger charge is 2.35. The molecule has 1 amide bonds. The molecule has 5 heteroatoms. The number of hydrogen-bond acceptors (Lipinski definition) is 4. The number of carbonyl (C=O) groups is 1. The summed E-state index contributed by atoms with van der Waals surface area (Å²) in [7, 11) is 0. The van der Waals surface area contributed by atoms with Crippen LogP contribution < -0.4 is 4.74 Å². The van der Waals surface area contributed by atoms with Crippen molar-refractivity contribution >= 4 is 40.3 Å². The van der Waals surface area contributed by atoms with Gasteiger partial charge in [0.15, 0.2) is 0 Å². The van der Waals surface area contributed by atoms with E-state index in [1.54, 1.807) is 4.90 Å². The Morgan fingerprint density at radius 3 is 2.52 bits per heavy atom. The Hall–Kier alpha value is -2.89. The fraction of sp³-hybridized carbons (Fsp3) is 0.154. The number of thiocarbonyl (C=S) groups is 1. The van der Waals surface area contributed by atoms with Gasteiger partial charge in [-0.3, -0.25) is 9.69 Å². The van der Waals surface area contributed by atoms with Gasteiger partial charge in [0.2, 0.25) is 0 Å². The fourth-order valence-electron chi connectivity index (χ4n) is 3.39. The van der Waals surface area contributed by atoms with Crippen LogP contribution in [0.1, 0.15) is 35.2 Å². The SMILES string of the molecule is Cc1ccc(COc2cccc(/C=C3\SC(=S)N([C@H](C)c4ccccc4)C3=O)c2)cc1. The molecule has 1 heterocycles. The molecule has 3 nitrogen and oxygen atoms in total. The molecular formula is C26H23NO2S2. The average Bonchev–Trinajstić information content (AvgIpc) is 3.06. The van der Waals surface area contributed by atoms with E-state index in [0.717, 1.165) is 22.4 Å². The summed E-state index contributed by atoms with van der Waals surface area (Å²) in [5.74, 6) is 0.708. The van der Waals surface area contributed by atoms with Crippen LogP contribution in [-0.2, 0) is 11.4 Å². The molecule has 0 unspecified atom stereocenters. The van der Waals surface area contributed by atoms with E-state index in [-0.39, 0.29) is 11.9 Å². The molecule has 1 aliphatic rings. The highest BCUT2D eigenvalue weighted by Crippen LogP contribution is 2.38. The molecule has 0 bridgehead atoms. The highest BCUT2D eigenvalue weighted by molar-refractivity contribution is 8.26. The first-order valence-corrected chi connectivity index (χ1v) is 11.3. The summed E-state index contributed by atoms with van der Waals surface area (Å²) < 4.78 is 6.53. The third-order valence-electron chi connectivity index (χ3n) is 5.17. The van der Waals surface area contributed by atoms with Crippen LogP contribution in [0, 0.1) is 6.92 Å². The van der Waals surface area contributed by atoms with Crippen molar-refractivity contribution in [3.63, 3.8) is 0 Å². The predicted molar refractivity (Wildman–Crippen MR) is 132 cm³/mol. The van der Waals surface area contributed by atoms with Crippen molar-refractivity contribution in [1.82, 2.24) is 4.90 Å². The van der Waals surface area contributed by atoms with Crippen molar-refractivity contribution < 1.29 is 9.53 Å². The van der Waals surface area contributed by atoms with Gasteiger partial charge in [-0.05, 0) is 48.7 Å². The molecule has 0 radical (unpaired) electrons. The molecule has 3 aromatic carbocycles. The number of ether oxygens (including phenoxy) is 1. The van der Waals surface area contributed by atoms with Crippen molar-refractivity contribution in [3.05, 3.63) is 106 Å². The number of benzene rings is 3. The second kappa shape index (κ2) is 9.50. The van der Waals surface area contributed by atoms with Crippen molar-refractivity contribution in [2.45, 2.75) is 26.5 Å². The molecule has 3 aromatic rings. The maximum absolute atomic E-state index is 13.1. The van der Waals surface area contributed by atoms with Crippen molar-refractivity contribution in [1.29, 1.82) is 0 Å². The molecule has 0 saturated carbocycles. The summed E-state index contributed by atoms with van der Waals surface area (Å²) in [6.07, 6.45) is 1.88. The largest absolute Gasteiger partial charge is 0.489 e. The van der Waals surface area contributed by atoms with E-state index in [9.17, 15) is 4.79 Å². The number of hydrogen-bond donors (Lipinski definition) is 0. The Labute approximate surface area is 192 Å². The molecule has 1 fully saturated rings. The summed E-state index contributed by atoms with van der Waals surface area (Å²) in [5.41, 5.74) is 4.32. The molecule has 1 saturated heterocycles. The van der Waals surface area contributed by atoms with Crippen LogP contribution in [0.5, 0.6) is 5.75 Å². The summed E-state index contributed by atoms with van der Waals surface area (Å²) in [5, 5.41) is 0. The van der Waals surface area contributed by atoms with Gasteiger partial charge < -0.3 is 4.74 Å². The van der Waals surface area contributed by atoms with Crippen LogP contribution in [0.15, 0.2) is 83.8 Å². The Balaban J connectivity index is 1.48. The van der Waals surface area contributed by atoms with Crippen LogP contribution >= 0.6 is 24.0 Å². The van der Waals surface area contributed by atoms with E-state index in [1.165, 1.54) is 17.3 Å². The van der Waals surface area contributed by atoms with Gasteiger partial charge in [0.25, 0.3) is 5.91 Å². The molecular weight excluding hydrogens is 422 g/mol. The Morgan fingerprint density at radius 1 is 1.03 bits per heavy atom. The zero-order chi connectivity index (χ0) is 21.8. The van der Waals surface area contributed by atoms with Crippen molar-refractivity contribution in [3.8, 4) is 5.75 Å². The van der Waals surface area contributed by atoms with Gasteiger partial charge in [0.05, 0.1) is 10.9 Å². The highest BCUT2D eigenvalue weighted by atomic mass is 32.2. The minimum absolute atomic E-state index is 0.0580. The molecule has 1 aliphatic heterocycles. The monoisotopic (exact) mass is 445 g/mol. The number of nitrogens with zero attached hydrogens (tertiary/aromatic N) is 1. The van der Waals surface area contributed by atoms with Gasteiger partial charge in [-0.25, -0.2) is 0 Å². The van der Waals surface area contributed by atoms with Gasteiger partial charge in [0, 0.05) is 0 Å². The normalized spacial score (nSPS) is 16.1. The maximum Gasteiger partial charge on any atom is 0.266 e. The quantitative estimate of drug-likeness (QED) is 0.318. The standard InChI is InChI=1S/C26H23NO2S2/c1-18-11-13-20(14-12-18)17-29-23-10-6-7-21(15-23)16-24-25(28)27(26(30)31-24)19(2)22-8-4-3-5-9-22/h3-16,19H,17H2,1-2H3/b24-16-/t19-/m1/s1. The van der Waals surface area contributed by atoms with E-state index < -0.39 is 0 Å². The third-order valence-corrected chi connectivity index (χ3v) is 6.51. The minimum atomic E-state index is -0.108. The Morgan fingerprint density at radius 2 is 1.77 bits per heavy atom. The van der Waals surface area contributed by atoms with Gasteiger partial charge in [-0.15, -0.1) is 0 Å². The lowest BCUT2D eigenvalue weighted by Gasteiger charge is -2.23. The van der Waals surface area contributed by atoms with Gasteiger partial charge >= 0.3 is 0 Å². The van der Waals surface area contributed by atoms with Gasteiger partial charge in [-0.2, -0.15) is 0 Å². The molecule has 0 aliphatic carbocycles. The molecule has 0 spiro atoms. The topological polar surface area (TPSA) is 29.5 Å². The second-order valence-electron chi connectivity index (χ2n) is 7.49. The summed E-state index contributed by atoms with van der Waals surface area (Å²) >= 11 is 6.87. The first kappa shape index (κ1) is 21.3. The first-order valence-electron chi connectivity index (χ1n) is 10.1. The molecule has 31 heavy (non-hydrogen) atoms. The lowest BCUT2D eigenvalue weighted by atomic mass is 10.1. The van der Waals surface area contributed by atoms with Crippen molar-refractivity contribution in [2.24, 2.45) is 0 Å². The number of aryl methyl sites for hydroxylation is 1. The molecule has 0 aromatic heterocycles. The minimum Gasteiger partial charge on any atom is -0.489 e. The number of carbonyl (C=O) groups excluding carboxylic acids is 1. The zero-order valence-electron chi connectivity index (χ0n) is 17.4. The number of rotatable bonds is 6. The Kier molecular flexibility index (Phi) is 6.54. The lowest BCUT2D eigenvalue weighted by Crippen LogP contribution is -2.30. The number of amides is 1. The van der Waals surface area contributed by atoms with Gasteiger partial charge in [0.1, 0.15) is 16.7 Å². The van der Waals surface area contributed by atoms with E-state index in [4.69, 9.17) is 17.0 Å². The van der Waals surface area contributed by atoms with Crippen LogP contribution in [0.3, 0.4) is 0 Å². The van der Waals surface area contributed by atoms with Crippen LogP contribution in [0.25, 0.3) is 6.08 Å². The van der Waals surface area contributed by atoms with E-state index in [2.05, 4.69) is 31.2 Å². The number of thioether (sulfide) groups is 1. The van der Waals surface area contributed by atoms with Crippen LogP contribution in [0.4, 0.5) is 0 Å². The molecule has 1 atom stereocenters. The summed E-state index contributed by atoms with van der Waals surface area (Å²) in [6, 6.07) is 25.9. The zero-order valence-corrected chi connectivity index (χ0v) is 19.1. The van der Waals surface area contributed by atoms with E-state index >= 15 is 0 Å². The molecule has 156 valence electrons. The van der Waals surface area contributed by atoms with Crippen LogP contribution in [-0.4, -0.2) is 15.1 Å². The predicted octanol–water partition coefficient (Wildman–Crippen LogP) is 6.54. The van der Waals surface area contributed by atoms with E-state index in [1.807, 2.05) is 67.6 Å². The summed E-state index contributed by atoms with van der Waals surface area (Å²) in [6.45, 7) is 4.57. The average molecular weight is 446 g/mol. The van der Waals surface area contributed by atoms with Crippen molar-refractivity contribution in [2.75, 3.05) is 0 Å². The van der Waals surface area contributed by atoms with Crippen LogP contribution in [0.2, 0.25) is 0 Å². The molecule has 0 N–H and O–H groups in total. The lowest BCUT2D eigenvalue weighted by molar-refractivity contribution is -0.123. The first-order chi connectivity index (χ1) is 15.0. The Bertz CT molecular complexity index is 1120. The fourth-order valence-corrected chi connectivity index (χ4v) is 4.81. The second-order valence-corrected chi connectivity index (χ2v) is 9.16. The third kappa shape index (κ3) is 5.06. The summed E-state index contributed by atoms with van der Waals surface area (Å²) in [4.78, 5) is 15.4. The smallest absolute Gasteiger partial charge is 0.266 e. The maximum atomic E-state index is 13.1.